The van der Waals surface area contributed by atoms with Crippen LogP contribution >= 0.6 is 11.6 Å². The molecule has 0 atom stereocenters. The van der Waals surface area contributed by atoms with Crippen LogP contribution in [0.1, 0.15) is 26.4 Å². The number of carbonyl (C=O) groups excluding carboxylic acids is 2. The molecule has 0 saturated heterocycles. The second-order valence-electron chi connectivity index (χ2n) is 4.30. The summed E-state index contributed by atoms with van der Waals surface area (Å²) in [7, 11) is 1.58. The quantitative estimate of drug-likeness (QED) is 0.849. The molecule has 0 aliphatic carbocycles. The number of pyridine rings is 1. The zero-order valence-corrected chi connectivity index (χ0v) is 12.1. The molecule has 1 heterocycles. The molecule has 1 aromatic carbocycles. The van der Waals surface area contributed by atoms with Gasteiger partial charge in [-0.2, -0.15) is 0 Å². The standard InChI is InChI=1S/C15H14ClN3O2/c1-17-14(20)11-7-5-10(6-8-11)9-18-15(21)12-3-2-4-13(16)19-12/h2-8H,9H2,1H3,(H,17,20)(H,18,21). The van der Waals surface area contributed by atoms with Crippen molar-refractivity contribution in [2.75, 3.05) is 7.05 Å². The topological polar surface area (TPSA) is 71.1 Å². The van der Waals surface area contributed by atoms with Gasteiger partial charge in [0, 0.05) is 19.2 Å². The van der Waals surface area contributed by atoms with Gasteiger partial charge in [-0.15, -0.1) is 0 Å². The van der Waals surface area contributed by atoms with Crippen molar-refractivity contribution in [3.8, 4) is 0 Å². The lowest BCUT2D eigenvalue weighted by Gasteiger charge is -2.06. The molecular weight excluding hydrogens is 290 g/mol. The second-order valence-corrected chi connectivity index (χ2v) is 4.69. The fraction of sp³-hybridized carbons (Fsp3) is 0.133. The fourth-order valence-electron chi connectivity index (χ4n) is 1.73. The number of halogens is 1. The average molecular weight is 304 g/mol. The Kier molecular flexibility index (Phi) is 4.90. The molecule has 0 radical (unpaired) electrons. The average Bonchev–Trinajstić information content (AvgIpc) is 2.52. The van der Waals surface area contributed by atoms with Crippen LogP contribution in [0.2, 0.25) is 5.15 Å². The molecule has 0 spiro atoms. The van der Waals surface area contributed by atoms with Gasteiger partial charge in [-0.05, 0) is 29.8 Å². The molecular formula is C15H14ClN3O2. The van der Waals surface area contributed by atoms with Gasteiger partial charge in [-0.25, -0.2) is 4.98 Å². The van der Waals surface area contributed by atoms with Gasteiger partial charge in [0.15, 0.2) is 0 Å². The molecule has 0 fully saturated rings. The summed E-state index contributed by atoms with van der Waals surface area (Å²) < 4.78 is 0. The van der Waals surface area contributed by atoms with E-state index in [2.05, 4.69) is 15.6 Å². The maximum absolute atomic E-state index is 11.9. The van der Waals surface area contributed by atoms with E-state index in [9.17, 15) is 9.59 Å². The third-order valence-electron chi connectivity index (χ3n) is 2.84. The summed E-state index contributed by atoms with van der Waals surface area (Å²) in [6.45, 7) is 0.348. The second kappa shape index (κ2) is 6.85. The highest BCUT2D eigenvalue weighted by Gasteiger charge is 2.07. The highest BCUT2D eigenvalue weighted by atomic mass is 35.5. The van der Waals surface area contributed by atoms with Crippen molar-refractivity contribution < 1.29 is 9.59 Å². The summed E-state index contributed by atoms with van der Waals surface area (Å²) >= 11 is 5.74. The minimum Gasteiger partial charge on any atom is -0.355 e. The number of hydrogen-bond acceptors (Lipinski definition) is 3. The third kappa shape index (κ3) is 4.03. The van der Waals surface area contributed by atoms with E-state index in [-0.39, 0.29) is 22.7 Å². The van der Waals surface area contributed by atoms with E-state index in [1.54, 1.807) is 49.5 Å². The van der Waals surface area contributed by atoms with Gasteiger partial charge in [-0.1, -0.05) is 29.8 Å². The van der Waals surface area contributed by atoms with Crippen LogP contribution in [0.15, 0.2) is 42.5 Å². The van der Waals surface area contributed by atoms with E-state index >= 15 is 0 Å². The molecule has 6 heteroatoms. The smallest absolute Gasteiger partial charge is 0.270 e. The Bertz CT molecular complexity index is 656. The summed E-state index contributed by atoms with van der Waals surface area (Å²) in [6.07, 6.45) is 0. The van der Waals surface area contributed by atoms with Gasteiger partial charge in [0.2, 0.25) is 0 Å². The van der Waals surface area contributed by atoms with Crippen LogP contribution in [0, 0.1) is 0 Å². The van der Waals surface area contributed by atoms with Crippen molar-refractivity contribution in [2.45, 2.75) is 6.54 Å². The predicted octanol–water partition coefficient (Wildman–Crippen LogP) is 2.02. The van der Waals surface area contributed by atoms with Crippen LogP contribution in [0.5, 0.6) is 0 Å². The number of amides is 2. The van der Waals surface area contributed by atoms with Gasteiger partial charge < -0.3 is 10.6 Å². The lowest BCUT2D eigenvalue weighted by atomic mass is 10.1. The number of aromatic nitrogens is 1. The Morgan fingerprint density at radius 2 is 1.81 bits per heavy atom. The SMILES string of the molecule is CNC(=O)c1ccc(CNC(=O)c2cccc(Cl)n2)cc1. The van der Waals surface area contributed by atoms with Crippen LogP contribution in [0.4, 0.5) is 0 Å². The van der Waals surface area contributed by atoms with Crippen molar-refractivity contribution in [2.24, 2.45) is 0 Å². The van der Waals surface area contributed by atoms with Gasteiger partial charge in [0.25, 0.3) is 11.8 Å². The summed E-state index contributed by atoms with van der Waals surface area (Å²) in [5.41, 5.74) is 1.73. The zero-order valence-electron chi connectivity index (χ0n) is 11.4. The Hall–Kier alpha value is -2.40. The van der Waals surface area contributed by atoms with Crippen molar-refractivity contribution in [1.82, 2.24) is 15.6 Å². The Labute approximate surface area is 127 Å². The van der Waals surface area contributed by atoms with Crippen LogP contribution < -0.4 is 10.6 Å². The maximum Gasteiger partial charge on any atom is 0.270 e. The van der Waals surface area contributed by atoms with Crippen molar-refractivity contribution in [3.63, 3.8) is 0 Å². The van der Waals surface area contributed by atoms with Crippen LogP contribution in [-0.4, -0.2) is 23.8 Å². The molecule has 0 aliphatic rings. The number of nitrogens with zero attached hydrogens (tertiary/aromatic N) is 1. The highest BCUT2D eigenvalue weighted by molar-refractivity contribution is 6.29. The molecule has 2 amide bonds. The summed E-state index contributed by atoms with van der Waals surface area (Å²) in [5.74, 6) is -0.443. The molecule has 0 saturated carbocycles. The molecule has 2 aromatic rings. The minimum absolute atomic E-state index is 0.145. The highest BCUT2D eigenvalue weighted by Crippen LogP contribution is 2.07. The Morgan fingerprint density at radius 3 is 2.43 bits per heavy atom. The monoisotopic (exact) mass is 303 g/mol. The first-order chi connectivity index (χ1) is 10.1. The van der Waals surface area contributed by atoms with E-state index in [0.717, 1.165) is 5.56 Å². The summed E-state index contributed by atoms with van der Waals surface area (Å²) in [5, 5.41) is 5.57. The van der Waals surface area contributed by atoms with Gasteiger partial charge in [-0.3, -0.25) is 9.59 Å². The van der Waals surface area contributed by atoms with E-state index in [0.29, 0.717) is 12.1 Å². The van der Waals surface area contributed by atoms with Crippen molar-refractivity contribution >= 4 is 23.4 Å². The van der Waals surface area contributed by atoms with Gasteiger partial charge in [0.05, 0.1) is 0 Å². The first-order valence-corrected chi connectivity index (χ1v) is 6.69. The molecule has 2 N–H and O–H groups in total. The van der Waals surface area contributed by atoms with Gasteiger partial charge >= 0.3 is 0 Å². The molecule has 2 rings (SSSR count). The number of nitrogens with one attached hydrogen (secondary N) is 2. The lowest BCUT2D eigenvalue weighted by molar-refractivity contribution is 0.0942. The number of benzene rings is 1. The van der Waals surface area contributed by atoms with Crippen LogP contribution in [-0.2, 0) is 6.54 Å². The largest absolute Gasteiger partial charge is 0.355 e. The first kappa shape index (κ1) is 15.0. The Balaban J connectivity index is 1.97. The van der Waals surface area contributed by atoms with Crippen molar-refractivity contribution in [3.05, 3.63) is 64.4 Å². The number of rotatable bonds is 4. The molecule has 21 heavy (non-hydrogen) atoms. The molecule has 1 aromatic heterocycles. The van der Waals surface area contributed by atoms with E-state index in [1.165, 1.54) is 0 Å². The molecule has 108 valence electrons. The predicted molar refractivity (Wildman–Crippen MR) is 80.2 cm³/mol. The van der Waals surface area contributed by atoms with E-state index in [4.69, 9.17) is 11.6 Å². The summed E-state index contributed by atoms with van der Waals surface area (Å²) in [4.78, 5) is 27.2. The normalized spacial score (nSPS) is 10.0. The number of carbonyl (C=O) groups is 2. The van der Waals surface area contributed by atoms with E-state index in [1.807, 2.05) is 0 Å². The molecule has 0 unspecified atom stereocenters. The maximum atomic E-state index is 11.9. The molecule has 5 nitrogen and oxygen atoms in total. The molecule has 0 aliphatic heterocycles. The molecule has 0 bridgehead atoms. The Morgan fingerprint density at radius 1 is 1.10 bits per heavy atom. The fourth-order valence-corrected chi connectivity index (χ4v) is 1.89. The zero-order chi connectivity index (χ0) is 15.2. The summed E-state index contributed by atoms with van der Waals surface area (Å²) in [6, 6.07) is 11.9. The first-order valence-electron chi connectivity index (χ1n) is 6.32. The third-order valence-corrected chi connectivity index (χ3v) is 3.05. The lowest BCUT2D eigenvalue weighted by Crippen LogP contribution is -2.24. The van der Waals surface area contributed by atoms with E-state index < -0.39 is 0 Å². The van der Waals surface area contributed by atoms with Crippen molar-refractivity contribution in [1.29, 1.82) is 0 Å². The van der Waals surface area contributed by atoms with Gasteiger partial charge in [0.1, 0.15) is 10.8 Å². The van der Waals surface area contributed by atoms with Crippen LogP contribution in [0.25, 0.3) is 0 Å². The number of hydrogen-bond donors (Lipinski definition) is 2. The minimum atomic E-state index is -0.298. The van der Waals surface area contributed by atoms with Crippen LogP contribution in [0.3, 0.4) is 0 Å².